The summed E-state index contributed by atoms with van der Waals surface area (Å²) in [5.41, 5.74) is 12.6. The molecule has 2 aromatic heterocycles. The van der Waals surface area contributed by atoms with Crippen LogP contribution in [0.2, 0.25) is 0 Å². The van der Waals surface area contributed by atoms with E-state index in [9.17, 15) is 0 Å². The van der Waals surface area contributed by atoms with Crippen LogP contribution in [0.15, 0.2) is 146 Å². The van der Waals surface area contributed by atoms with E-state index in [-0.39, 0.29) is 0 Å². The van der Waals surface area contributed by atoms with Crippen molar-refractivity contribution in [3.8, 4) is 33.6 Å². The lowest BCUT2D eigenvalue weighted by atomic mass is 9.99. The van der Waals surface area contributed by atoms with Gasteiger partial charge in [0.25, 0.3) is 0 Å². The summed E-state index contributed by atoms with van der Waals surface area (Å²) in [6, 6.07) is 53.4. The number of nitrogens with zero attached hydrogens (tertiary/aromatic N) is 2. The Balaban J connectivity index is 1.38. The fraction of sp³-hybridized carbons (Fsp3) is 0. The van der Waals surface area contributed by atoms with Crippen molar-refractivity contribution < 1.29 is 0 Å². The molecule has 1 aliphatic rings. The van der Waals surface area contributed by atoms with Gasteiger partial charge in [-0.3, -0.25) is 0 Å². The zero-order valence-electron chi connectivity index (χ0n) is 22.8. The van der Waals surface area contributed by atoms with Gasteiger partial charge in [-0.2, -0.15) is 0 Å². The molecule has 194 valence electrons. The van der Waals surface area contributed by atoms with Crippen molar-refractivity contribution in [3.05, 3.63) is 146 Å². The zero-order valence-corrected chi connectivity index (χ0v) is 22.8. The Morgan fingerprint density at radius 3 is 1.67 bits per heavy atom. The van der Waals surface area contributed by atoms with Gasteiger partial charge in [-0.05, 0) is 70.1 Å². The van der Waals surface area contributed by atoms with Gasteiger partial charge in [0.2, 0.25) is 0 Å². The van der Waals surface area contributed by atoms with E-state index < -0.39 is 0 Å². The SMILES string of the molecule is c1ccc(-n2c3cc(-n4c5ccccc5c5ccccc54)ccc3c3cc4c5c(cccc5c32)-c2ccccc2-4)cc1. The molecular weight excluding hydrogens is 508 g/mol. The molecule has 0 fully saturated rings. The molecule has 0 unspecified atom stereocenters. The maximum absolute atomic E-state index is 2.48. The molecule has 0 aliphatic heterocycles. The van der Waals surface area contributed by atoms with E-state index in [1.54, 1.807) is 0 Å². The average Bonchev–Trinajstić information content (AvgIpc) is 3.68. The normalized spacial score (nSPS) is 12.3. The van der Waals surface area contributed by atoms with E-state index in [2.05, 4.69) is 155 Å². The highest BCUT2D eigenvalue weighted by Gasteiger charge is 2.25. The number of hydrogen-bond donors (Lipinski definition) is 0. The van der Waals surface area contributed by atoms with Gasteiger partial charge < -0.3 is 9.13 Å². The van der Waals surface area contributed by atoms with Crippen molar-refractivity contribution in [2.45, 2.75) is 0 Å². The van der Waals surface area contributed by atoms with Crippen LogP contribution >= 0.6 is 0 Å². The number of para-hydroxylation sites is 3. The zero-order chi connectivity index (χ0) is 27.4. The van der Waals surface area contributed by atoms with E-state index in [4.69, 9.17) is 0 Å². The summed E-state index contributed by atoms with van der Waals surface area (Å²) in [5.74, 6) is 0. The largest absolute Gasteiger partial charge is 0.309 e. The molecule has 0 N–H and O–H groups in total. The molecule has 0 spiro atoms. The molecule has 0 atom stereocenters. The predicted octanol–water partition coefficient (Wildman–Crippen LogP) is 10.7. The quantitative estimate of drug-likeness (QED) is 0.210. The molecule has 0 amide bonds. The van der Waals surface area contributed by atoms with E-state index in [1.165, 1.54) is 88.0 Å². The van der Waals surface area contributed by atoms with Crippen LogP contribution in [0.4, 0.5) is 0 Å². The molecular formula is C40H24N2. The van der Waals surface area contributed by atoms with Crippen LogP contribution in [0.1, 0.15) is 0 Å². The molecule has 42 heavy (non-hydrogen) atoms. The minimum Gasteiger partial charge on any atom is -0.309 e. The highest BCUT2D eigenvalue weighted by Crippen LogP contribution is 2.51. The lowest BCUT2D eigenvalue weighted by molar-refractivity contribution is 1.16. The van der Waals surface area contributed by atoms with Gasteiger partial charge in [0, 0.05) is 38.3 Å². The van der Waals surface area contributed by atoms with Crippen LogP contribution in [0, 0.1) is 0 Å². The minimum absolute atomic E-state index is 1.17. The molecule has 2 heterocycles. The maximum Gasteiger partial charge on any atom is 0.0620 e. The molecule has 0 saturated heterocycles. The van der Waals surface area contributed by atoms with Crippen molar-refractivity contribution in [3.63, 3.8) is 0 Å². The highest BCUT2D eigenvalue weighted by atomic mass is 15.0. The van der Waals surface area contributed by atoms with Crippen molar-refractivity contribution in [2.75, 3.05) is 0 Å². The Bertz CT molecular complexity index is 2510. The van der Waals surface area contributed by atoms with Crippen LogP contribution in [0.5, 0.6) is 0 Å². The van der Waals surface area contributed by atoms with Crippen LogP contribution in [0.25, 0.3) is 88.0 Å². The average molecular weight is 533 g/mol. The van der Waals surface area contributed by atoms with Gasteiger partial charge in [-0.15, -0.1) is 0 Å². The van der Waals surface area contributed by atoms with Crippen molar-refractivity contribution in [1.29, 1.82) is 0 Å². The Kier molecular flexibility index (Phi) is 4.21. The van der Waals surface area contributed by atoms with Gasteiger partial charge in [0.15, 0.2) is 0 Å². The summed E-state index contributed by atoms with van der Waals surface area (Å²) in [6.07, 6.45) is 0. The van der Waals surface area contributed by atoms with Crippen LogP contribution in [0.3, 0.4) is 0 Å². The number of fused-ring (bicyclic) bond motifs is 10. The minimum atomic E-state index is 1.17. The van der Waals surface area contributed by atoms with Gasteiger partial charge in [0.05, 0.1) is 22.1 Å². The summed E-state index contributed by atoms with van der Waals surface area (Å²) in [6.45, 7) is 0. The molecule has 7 aromatic carbocycles. The van der Waals surface area contributed by atoms with E-state index in [0.717, 1.165) is 0 Å². The number of hydrogen-bond acceptors (Lipinski definition) is 0. The number of benzene rings is 7. The second-order valence-corrected chi connectivity index (χ2v) is 11.3. The Labute approximate surface area is 242 Å². The Morgan fingerprint density at radius 2 is 0.905 bits per heavy atom. The molecule has 9 aromatic rings. The standard InChI is InChI=1S/C40H24N2/c1-2-11-25(12-3-1)42-38-23-26(41-36-19-8-6-15-29(36)30-16-7-9-20-37(30)41)21-22-31(38)35-24-34-28-14-5-4-13-27(28)32-17-10-18-33(39(32)34)40(35)42/h1-24H. The maximum atomic E-state index is 2.48. The first-order valence-electron chi connectivity index (χ1n) is 14.5. The summed E-state index contributed by atoms with van der Waals surface area (Å²) < 4.78 is 4.89. The fourth-order valence-electron chi connectivity index (χ4n) is 7.54. The molecule has 2 nitrogen and oxygen atoms in total. The van der Waals surface area contributed by atoms with Gasteiger partial charge in [0.1, 0.15) is 0 Å². The topological polar surface area (TPSA) is 9.86 Å². The Morgan fingerprint density at radius 1 is 0.310 bits per heavy atom. The first-order valence-corrected chi connectivity index (χ1v) is 14.5. The fourth-order valence-corrected chi connectivity index (χ4v) is 7.54. The van der Waals surface area contributed by atoms with Crippen LogP contribution in [-0.4, -0.2) is 9.13 Å². The van der Waals surface area contributed by atoms with E-state index in [0.29, 0.717) is 0 Å². The summed E-state index contributed by atoms with van der Waals surface area (Å²) in [7, 11) is 0. The molecule has 0 radical (unpaired) electrons. The monoisotopic (exact) mass is 532 g/mol. The van der Waals surface area contributed by atoms with E-state index >= 15 is 0 Å². The predicted molar refractivity (Wildman–Crippen MR) is 177 cm³/mol. The third kappa shape index (κ3) is 2.74. The number of aromatic nitrogens is 2. The van der Waals surface area contributed by atoms with Gasteiger partial charge >= 0.3 is 0 Å². The number of rotatable bonds is 2. The molecule has 0 saturated carbocycles. The summed E-state index contributed by atoms with van der Waals surface area (Å²) in [5, 5.41) is 7.77. The smallest absolute Gasteiger partial charge is 0.0620 e. The molecule has 0 bridgehead atoms. The highest BCUT2D eigenvalue weighted by molar-refractivity contribution is 6.27. The van der Waals surface area contributed by atoms with Gasteiger partial charge in [-0.25, -0.2) is 0 Å². The molecule has 10 rings (SSSR count). The first kappa shape index (κ1) is 22.1. The van der Waals surface area contributed by atoms with E-state index in [1.807, 2.05) is 0 Å². The van der Waals surface area contributed by atoms with Crippen LogP contribution in [-0.2, 0) is 0 Å². The molecule has 2 heteroatoms. The van der Waals surface area contributed by atoms with Gasteiger partial charge in [-0.1, -0.05) is 103 Å². The van der Waals surface area contributed by atoms with Crippen LogP contribution < -0.4 is 0 Å². The van der Waals surface area contributed by atoms with Crippen molar-refractivity contribution in [2.24, 2.45) is 0 Å². The second-order valence-electron chi connectivity index (χ2n) is 11.3. The second kappa shape index (κ2) is 7.99. The lowest BCUT2D eigenvalue weighted by Crippen LogP contribution is -1.97. The third-order valence-electron chi connectivity index (χ3n) is 9.23. The van der Waals surface area contributed by atoms with Crippen molar-refractivity contribution in [1.82, 2.24) is 9.13 Å². The first-order chi connectivity index (χ1) is 20.9. The Hall–Kier alpha value is -5.60. The summed E-state index contributed by atoms with van der Waals surface area (Å²) in [4.78, 5) is 0. The molecule has 1 aliphatic carbocycles. The summed E-state index contributed by atoms with van der Waals surface area (Å²) >= 11 is 0. The third-order valence-corrected chi connectivity index (χ3v) is 9.23. The lowest BCUT2D eigenvalue weighted by Gasteiger charge is -2.12. The van der Waals surface area contributed by atoms with Crippen molar-refractivity contribution >= 4 is 54.4 Å².